The first-order valence-electron chi connectivity index (χ1n) is 7.19. The van der Waals surface area contributed by atoms with Gasteiger partial charge in [-0.05, 0) is 50.9 Å². The van der Waals surface area contributed by atoms with Crippen LogP contribution in [-0.4, -0.2) is 37.6 Å². The normalized spacial score (nSPS) is 15.8. The van der Waals surface area contributed by atoms with Crippen molar-refractivity contribution in [2.24, 2.45) is 0 Å². The van der Waals surface area contributed by atoms with E-state index in [9.17, 15) is 4.79 Å². The summed E-state index contributed by atoms with van der Waals surface area (Å²) in [4.78, 5) is 13.7. The molecule has 0 bridgehead atoms. The molecule has 1 atom stereocenters. The van der Waals surface area contributed by atoms with Crippen LogP contribution in [0.5, 0.6) is 5.75 Å². The second-order valence-corrected chi connectivity index (χ2v) is 5.56. The molecule has 2 rings (SSSR count). The summed E-state index contributed by atoms with van der Waals surface area (Å²) in [7, 11) is 3.80. The van der Waals surface area contributed by atoms with Crippen molar-refractivity contribution in [3.8, 4) is 5.75 Å². The third-order valence-corrected chi connectivity index (χ3v) is 3.97. The zero-order valence-electron chi connectivity index (χ0n) is 12.8. The molecule has 1 saturated carbocycles. The predicted octanol–water partition coefficient (Wildman–Crippen LogP) is 2.28. The number of carbonyl (C=O) groups excluding carboxylic acids is 1. The van der Waals surface area contributed by atoms with Gasteiger partial charge in [0.05, 0.1) is 0 Å². The maximum atomic E-state index is 11.9. The third kappa shape index (κ3) is 3.51. The maximum absolute atomic E-state index is 11.9. The van der Waals surface area contributed by atoms with Gasteiger partial charge in [0.2, 0.25) is 0 Å². The van der Waals surface area contributed by atoms with Crippen molar-refractivity contribution in [1.82, 2.24) is 10.2 Å². The molecule has 20 heavy (non-hydrogen) atoms. The van der Waals surface area contributed by atoms with Gasteiger partial charge in [0.15, 0.2) is 6.61 Å². The van der Waals surface area contributed by atoms with E-state index in [4.69, 9.17) is 4.74 Å². The molecule has 1 N–H and O–H groups in total. The Morgan fingerprint density at radius 1 is 1.50 bits per heavy atom. The Morgan fingerprint density at radius 3 is 2.75 bits per heavy atom. The Morgan fingerprint density at radius 2 is 2.20 bits per heavy atom. The van der Waals surface area contributed by atoms with E-state index < -0.39 is 0 Å². The average molecular weight is 276 g/mol. The summed E-state index contributed by atoms with van der Waals surface area (Å²) in [5, 5.41) is 3.21. The molecule has 0 aromatic heterocycles. The van der Waals surface area contributed by atoms with Crippen LogP contribution in [0.1, 0.15) is 36.9 Å². The van der Waals surface area contributed by atoms with Gasteiger partial charge in [-0.15, -0.1) is 0 Å². The van der Waals surface area contributed by atoms with Crippen LogP contribution in [0.15, 0.2) is 18.2 Å². The first-order valence-corrected chi connectivity index (χ1v) is 7.19. The molecular formula is C16H24N2O2. The molecule has 4 heteroatoms. The van der Waals surface area contributed by atoms with Crippen LogP contribution in [0.25, 0.3) is 0 Å². The van der Waals surface area contributed by atoms with Gasteiger partial charge in [0.1, 0.15) is 5.75 Å². The van der Waals surface area contributed by atoms with Gasteiger partial charge in [0, 0.05) is 19.1 Å². The molecule has 1 aliphatic carbocycles. The summed E-state index contributed by atoms with van der Waals surface area (Å²) >= 11 is 0. The fourth-order valence-corrected chi connectivity index (χ4v) is 2.18. The molecule has 0 radical (unpaired) electrons. The van der Waals surface area contributed by atoms with Gasteiger partial charge in [-0.3, -0.25) is 4.79 Å². The maximum Gasteiger partial charge on any atom is 0.260 e. The van der Waals surface area contributed by atoms with Crippen molar-refractivity contribution in [2.75, 3.05) is 20.7 Å². The number of hydrogen-bond acceptors (Lipinski definition) is 3. The number of likely N-dealkylation sites (N-methyl/N-ethyl adjacent to an activating group) is 1. The molecule has 1 amide bonds. The average Bonchev–Trinajstić information content (AvgIpc) is 3.28. The van der Waals surface area contributed by atoms with Crippen LogP contribution < -0.4 is 10.1 Å². The minimum absolute atomic E-state index is 0.0552. The summed E-state index contributed by atoms with van der Waals surface area (Å²) in [5.74, 6) is 0.842. The van der Waals surface area contributed by atoms with Crippen molar-refractivity contribution in [3.05, 3.63) is 29.3 Å². The van der Waals surface area contributed by atoms with E-state index in [0.717, 1.165) is 24.2 Å². The summed E-state index contributed by atoms with van der Waals surface area (Å²) in [6.07, 6.45) is 2.25. The van der Waals surface area contributed by atoms with Crippen LogP contribution >= 0.6 is 0 Å². The highest BCUT2D eigenvalue weighted by atomic mass is 16.5. The first kappa shape index (κ1) is 14.9. The number of nitrogens with zero attached hydrogens (tertiary/aromatic N) is 1. The molecule has 1 aromatic carbocycles. The summed E-state index contributed by atoms with van der Waals surface area (Å²) in [5.41, 5.74) is 2.28. The highest BCUT2D eigenvalue weighted by Gasteiger charge is 2.29. The van der Waals surface area contributed by atoms with Crippen molar-refractivity contribution >= 4 is 5.91 Å². The SMILES string of the molecule is CNC(C)c1ccc(OCC(=O)N(C)C2CC2)c(C)c1. The standard InChI is InChI=1S/C16H24N2O2/c1-11-9-13(12(2)17-3)5-8-15(11)20-10-16(19)18(4)14-6-7-14/h5,8-9,12,14,17H,6-7,10H2,1-4H3. The van der Waals surface area contributed by atoms with Crippen LogP contribution in [0.4, 0.5) is 0 Å². The number of rotatable bonds is 6. The van der Waals surface area contributed by atoms with Crippen LogP contribution in [-0.2, 0) is 4.79 Å². The molecule has 0 spiro atoms. The topological polar surface area (TPSA) is 41.6 Å². The lowest BCUT2D eigenvalue weighted by Gasteiger charge is -2.18. The Labute approximate surface area is 121 Å². The van der Waals surface area contributed by atoms with E-state index in [1.165, 1.54) is 5.56 Å². The summed E-state index contributed by atoms with van der Waals surface area (Å²) < 4.78 is 5.65. The number of nitrogens with one attached hydrogen (secondary N) is 1. The second kappa shape index (κ2) is 6.27. The molecule has 110 valence electrons. The van der Waals surface area contributed by atoms with Crippen molar-refractivity contribution in [1.29, 1.82) is 0 Å². The Hall–Kier alpha value is -1.55. The van der Waals surface area contributed by atoms with Gasteiger partial charge < -0.3 is 15.0 Å². The molecule has 0 saturated heterocycles. The number of hydrogen-bond donors (Lipinski definition) is 1. The Balaban J connectivity index is 1.94. The van der Waals surface area contributed by atoms with E-state index in [-0.39, 0.29) is 12.5 Å². The molecule has 1 aromatic rings. The van der Waals surface area contributed by atoms with Gasteiger partial charge in [-0.1, -0.05) is 12.1 Å². The molecule has 1 unspecified atom stereocenters. The van der Waals surface area contributed by atoms with Crippen molar-refractivity contribution in [3.63, 3.8) is 0 Å². The second-order valence-electron chi connectivity index (χ2n) is 5.56. The van der Waals surface area contributed by atoms with E-state index in [2.05, 4.69) is 18.3 Å². The van der Waals surface area contributed by atoms with Gasteiger partial charge in [-0.25, -0.2) is 0 Å². The molecule has 0 heterocycles. The zero-order chi connectivity index (χ0) is 14.7. The van der Waals surface area contributed by atoms with E-state index in [1.807, 2.05) is 33.2 Å². The van der Waals surface area contributed by atoms with Gasteiger partial charge >= 0.3 is 0 Å². The molecule has 0 aliphatic heterocycles. The molecule has 4 nitrogen and oxygen atoms in total. The monoisotopic (exact) mass is 276 g/mol. The molecular weight excluding hydrogens is 252 g/mol. The largest absolute Gasteiger partial charge is 0.484 e. The number of benzene rings is 1. The summed E-state index contributed by atoms with van der Waals surface area (Å²) in [6, 6.07) is 6.84. The number of aryl methyl sites for hydroxylation is 1. The Kier molecular flexibility index (Phi) is 4.65. The van der Waals surface area contributed by atoms with Crippen LogP contribution in [0, 0.1) is 6.92 Å². The van der Waals surface area contributed by atoms with Crippen LogP contribution in [0.2, 0.25) is 0 Å². The minimum atomic E-state index is 0.0552. The number of carbonyl (C=O) groups is 1. The van der Waals surface area contributed by atoms with E-state index in [0.29, 0.717) is 12.1 Å². The van der Waals surface area contributed by atoms with Crippen molar-refractivity contribution < 1.29 is 9.53 Å². The highest BCUT2D eigenvalue weighted by molar-refractivity contribution is 5.78. The number of ether oxygens (including phenoxy) is 1. The smallest absolute Gasteiger partial charge is 0.260 e. The van der Waals surface area contributed by atoms with Gasteiger partial charge in [-0.2, -0.15) is 0 Å². The fourth-order valence-electron chi connectivity index (χ4n) is 2.18. The van der Waals surface area contributed by atoms with Crippen molar-refractivity contribution in [2.45, 2.75) is 38.8 Å². The lowest BCUT2D eigenvalue weighted by Crippen LogP contribution is -2.33. The lowest BCUT2D eigenvalue weighted by molar-refractivity contribution is -0.132. The quantitative estimate of drug-likeness (QED) is 0.866. The fraction of sp³-hybridized carbons (Fsp3) is 0.562. The van der Waals surface area contributed by atoms with E-state index >= 15 is 0 Å². The third-order valence-electron chi connectivity index (χ3n) is 3.97. The minimum Gasteiger partial charge on any atom is -0.484 e. The van der Waals surface area contributed by atoms with Crippen LogP contribution in [0.3, 0.4) is 0 Å². The highest BCUT2D eigenvalue weighted by Crippen LogP contribution is 2.26. The molecule has 1 fully saturated rings. The summed E-state index contributed by atoms with van der Waals surface area (Å²) in [6.45, 7) is 4.24. The van der Waals surface area contributed by atoms with E-state index in [1.54, 1.807) is 4.90 Å². The van der Waals surface area contributed by atoms with Gasteiger partial charge in [0.25, 0.3) is 5.91 Å². The zero-order valence-corrected chi connectivity index (χ0v) is 12.8. The lowest BCUT2D eigenvalue weighted by atomic mass is 10.1. The Bertz CT molecular complexity index is 483. The molecule has 1 aliphatic rings. The number of amides is 1. The first-order chi connectivity index (χ1) is 9.52. The predicted molar refractivity (Wildman–Crippen MR) is 79.9 cm³/mol.